The van der Waals surface area contributed by atoms with Crippen molar-refractivity contribution >= 4 is 10.8 Å². The van der Waals surface area contributed by atoms with Gasteiger partial charge in [0.25, 0.3) is 0 Å². The molecule has 2 rings (SSSR count). The third kappa shape index (κ3) is 2.25. The minimum absolute atomic E-state index is 0.543. The highest BCUT2D eigenvalue weighted by atomic mass is 16.5. The van der Waals surface area contributed by atoms with Crippen LogP contribution in [0.1, 0.15) is 0 Å². The zero-order valence-corrected chi connectivity index (χ0v) is 8.81. The number of fused-ring (bicyclic) bond motifs is 1. The van der Waals surface area contributed by atoms with Gasteiger partial charge >= 0.3 is 0 Å². The van der Waals surface area contributed by atoms with Gasteiger partial charge < -0.3 is 10.5 Å². The average Bonchev–Trinajstić information content (AvgIpc) is 2.26. The minimum atomic E-state index is 0.543. The molecule has 0 aliphatic heterocycles. The monoisotopic (exact) mass is 203 g/mol. The summed E-state index contributed by atoms with van der Waals surface area (Å²) in [5.41, 5.74) is 5.38. The number of hydrogen-bond acceptors (Lipinski definition) is 2. The molecule has 78 valence electrons. The number of benzene rings is 1. The van der Waals surface area contributed by atoms with E-state index >= 15 is 0 Å². The molecule has 0 radical (unpaired) electrons. The number of aromatic nitrogens is 1. The van der Waals surface area contributed by atoms with E-state index in [0.717, 1.165) is 5.75 Å². The Kier molecular flexibility index (Phi) is 2.83. The summed E-state index contributed by atoms with van der Waals surface area (Å²) in [6.45, 7) is 1.11. The number of nitrogens with zero attached hydrogens (tertiary/aromatic N) is 1. The second kappa shape index (κ2) is 4.28. The van der Waals surface area contributed by atoms with E-state index in [2.05, 4.69) is 18.3 Å². The van der Waals surface area contributed by atoms with Gasteiger partial charge in [-0.25, -0.2) is 4.57 Å². The second-order valence-corrected chi connectivity index (χ2v) is 3.54. The summed E-state index contributed by atoms with van der Waals surface area (Å²) < 4.78 is 7.49. The van der Waals surface area contributed by atoms with Crippen LogP contribution in [0.3, 0.4) is 0 Å². The van der Waals surface area contributed by atoms with E-state index in [4.69, 9.17) is 10.5 Å². The van der Waals surface area contributed by atoms with Crippen molar-refractivity contribution in [2.45, 2.75) is 0 Å². The maximum atomic E-state index is 5.46. The van der Waals surface area contributed by atoms with Gasteiger partial charge in [0.15, 0.2) is 12.4 Å². The number of pyridine rings is 1. The molecule has 0 aliphatic carbocycles. The van der Waals surface area contributed by atoms with E-state index in [1.54, 1.807) is 0 Å². The lowest BCUT2D eigenvalue weighted by atomic mass is 10.2. The Balaban J connectivity index is 2.34. The lowest BCUT2D eigenvalue weighted by Crippen LogP contribution is -2.25. The van der Waals surface area contributed by atoms with Crippen molar-refractivity contribution in [2.75, 3.05) is 13.2 Å². The Bertz CT molecular complexity index is 468. The fourth-order valence-corrected chi connectivity index (χ4v) is 1.54. The lowest BCUT2D eigenvalue weighted by molar-refractivity contribution is -0.670. The van der Waals surface area contributed by atoms with E-state index in [1.165, 1.54) is 10.8 Å². The van der Waals surface area contributed by atoms with Gasteiger partial charge in [-0.15, -0.1) is 0 Å². The fraction of sp³-hybridized carbons (Fsp3) is 0.250. The molecule has 3 nitrogen and oxygen atoms in total. The van der Waals surface area contributed by atoms with Gasteiger partial charge in [0.05, 0.1) is 0 Å². The number of hydrogen-bond donors (Lipinski definition) is 1. The Morgan fingerprint density at radius 3 is 2.93 bits per heavy atom. The Hall–Kier alpha value is -1.61. The predicted molar refractivity (Wildman–Crippen MR) is 59.7 cm³/mol. The zero-order chi connectivity index (χ0) is 10.7. The molecular formula is C12H15N2O+. The van der Waals surface area contributed by atoms with Crippen molar-refractivity contribution in [1.29, 1.82) is 0 Å². The molecule has 0 saturated heterocycles. The topological polar surface area (TPSA) is 39.1 Å². The summed E-state index contributed by atoms with van der Waals surface area (Å²) >= 11 is 0. The highest BCUT2D eigenvalue weighted by Crippen LogP contribution is 2.18. The molecule has 2 N–H and O–H groups in total. The van der Waals surface area contributed by atoms with Crippen molar-refractivity contribution in [3.05, 3.63) is 36.7 Å². The maximum absolute atomic E-state index is 5.46. The summed E-state index contributed by atoms with van der Waals surface area (Å²) in [5.74, 6) is 0.877. The Labute approximate surface area is 89.1 Å². The molecular weight excluding hydrogens is 188 g/mol. The Morgan fingerprint density at radius 1 is 1.27 bits per heavy atom. The van der Waals surface area contributed by atoms with Crippen molar-refractivity contribution in [2.24, 2.45) is 12.8 Å². The summed E-state index contributed by atoms with van der Waals surface area (Å²) in [5, 5.41) is 2.39. The van der Waals surface area contributed by atoms with E-state index in [-0.39, 0.29) is 0 Å². The molecule has 0 atom stereocenters. The number of nitrogens with two attached hydrogens (primary N) is 1. The van der Waals surface area contributed by atoms with E-state index in [9.17, 15) is 0 Å². The third-order valence-electron chi connectivity index (χ3n) is 2.28. The van der Waals surface area contributed by atoms with Crippen LogP contribution in [-0.2, 0) is 7.05 Å². The molecule has 0 amide bonds. The first-order valence-corrected chi connectivity index (χ1v) is 5.01. The van der Waals surface area contributed by atoms with E-state index in [0.29, 0.717) is 13.2 Å². The van der Waals surface area contributed by atoms with E-state index in [1.807, 2.05) is 29.9 Å². The first-order chi connectivity index (χ1) is 7.29. The van der Waals surface area contributed by atoms with Gasteiger partial charge in [0, 0.05) is 18.0 Å². The smallest absolute Gasteiger partial charge is 0.176 e. The van der Waals surface area contributed by atoms with Crippen LogP contribution in [0, 0.1) is 0 Å². The molecule has 0 aliphatic rings. The minimum Gasteiger partial charge on any atom is -0.492 e. The van der Waals surface area contributed by atoms with Crippen LogP contribution in [0.4, 0.5) is 0 Å². The normalized spacial score (nSPS) is 10.5. The maximum Gasteiger partial charge on any atom is 0.176 e. The number of aryl methyl sites for hydroxylation is 1. The van der Waals surface area contributed by atoms with E-state index < -0.39 is 0 Å². The van der Waals surface area contributed by atoms with Crippen LogP contribution in [0.25, 0.3) is 10.8 Å². The SMILES string of the molecule is C[n+]1ccc2cc(OCCN)ccc2c1. The largest absolute Gasteiger partial charge is 0.492 e. The highest BCUT2D eigenvalue weighted by molar-refractivity contribution is 5.82. The predicted octanol–water partition coefficient (Wildman–Crippen LogP) is 1.00. The quantitative estimate of drug-likeness (QED) is 0.756. The standard InChI is InChI=1S/C12H15N2O/c1-14-6-4-10-8-12(15-7-5-13)3-2-11(10)9-14/h2-4,6,8-9H,5,7,13H2,1H3/q+1. The highest BCUT2D eigenvalue weighted by Gasteiger charge is 2.00. The fourth-order valence-electron chi connectivity index (χ4n) is 1.54. The molecule has 1 aromatic heterocycles. The Morgan fingerprint density at radius 2 is 2.13 bits per heavy atom. The molecule has 0 unspecified atom stereocenters. The lowest BCUT2D eigenvalue weighted by Gasteiger charge is -2.04. The summed E-state index contributed by atoms with van der Waals surface area (Å²) in [6, 6.07) is 8.13. The van der Waals surface area contributed by atoms with Crippen LogP contribution in [0.15, 0.2) is 36.7 Å². The van der Waals surface area contributed by atoms with Gasteiger partial charge in [-0.1, -0.05) is 0 Å². The molecule has 0 spiro atoms. The zero-order valence-electron chi connectivity index (χ0n) is 8.81. The third-order valence-corrected chi connectivity index (χ3v) is 2.28. The van der Waals surface area contributed by atoms with Crippen LogP contribution < -0.4 is 15.0 Å². The summed E-state index contributed by atoms with van der Waals surface area (Å²) in [4.78, 5) is 0. The molecule has 0 fully saturated rings. The van der Waals surface area contributed by atoms with Crippen molar-refractivity contribution in [1.82, 2.24) is 0 Å². The molecule has 1 aromatic carbocycles. The number of rotatable bonds is 3. The molecule has 1 heterocycles. The second-order valence-electron chi connectivity index (χ2n) is 3.54. The van der Waals surface area contributed by atoms with Gasteiger partial charge in [-0.05, 0) is 23.6 Å². The first-order valence-electron chi connectivity index (χ1n) is 5.01. The van der Waals surface area contributed by atoms with Crippen LogP contribution in [-0.4, -0.2) is 13.2 Å². The molecule has 0 saturated carbocycles. The average molecular weight is 203 g/mol. The van der Waals surface area contributed by atoms with Gasteiger partial charge in [0.2, 0.25) is 0 Å². The van der Waals surface area contributed by atoms with Gasteiger partial charge in [-0.2, -0.15) is 0 Å². The van der Waals surface area contributed by atoms with Gasteiger partial charge in [0.1, 0.15) is 19.4 Å². The molecule has 0 bridgehead atoms. The first kappa shape index (κ1) is 9.93. The summed E-state index contributed by atoms with van der Waals surface area (Å²) in [6.07, 6.45) is 4.11. The van der Waals surface area contributed by atoms with Crippen molar-refractivity contribution < 1.29 is 9.30 Å². The molecule has 2 aromatic rings. The van der Waals surface area contributed by atoms with Crippen LogP contribution >= 0.6 is 0 Å². The molecule has 3 heteroatoms. The van der Waals surface area contributed by atoms with Crippen molar-refractivity contribution in [3.63, 3.8) is 0 Å². The molecule has 15 heavy (non-hydrogen) atoms. The van der Waals surface area contributed by atoms with Crippen LogP contribution in [0.2, 0.25) is 0 Å². The van der Waals surface area contributed by atoms with Gasteiger partial charge in [-0.3, -0.25) is 0 Å². The number of ether oxygens (including phenoxy) is 1. The van der Waals surface area contributed by atoms with Crippen LogP contribution in [0.5, 0.6) is 5.75 Å². The van der Waals surface area contributed by atoms with Crippen molar-refractivity contribution in [3.8, 4) is 5.75 Å². The summed E-state index contributed by atoms with van der Waals surface area (Å²) in [7, 11) is 2.01.